The molecule has 5 heteroatoms. The van der Waals surface area contributed by atoms with E-state index < -0.39 is 0 Å². The second kappa shape index (κ2) is 5.97. The van der Waals surface area contributed by atoms with Crippen LogP contribution in [0.2, 0.25) is 0 Å². The van der Waals surface area contributed by atoms with E-state index in [4.69, 9.17) is 0 Å². The molecule has 20 heavy (non-hydrogen) atoms. The van der Waals surface area contributed by atoms with Crippen LogP contribution in [0.3, 0.4) is 0 Å². The summed E-state index contributed by atoms with van der Waals surface area (Å²) in [5.74, 6) is -0.498. The molecule has 2 rings (SSSR count). The van der Waals surface area contributed by atoms with Crippen LogP contribution < -0.4 is 0 Å². The summed E-state index contributed by atoms with van der Waals surface area (Å²) in [7, 11) is 3.09. The van der Waals surface area contributed by atoms with Crippen LogP contribution in [0, 0.1) is 0 Å². The molecule has 0 N–H and O–H groups in total. The summed E-state index contributed by atoms with van der Waals surface area (Å²) >= 11 is 0. The average Bonchev–Trinajstić information content (AvgIpc) is 2.91. The van der Waals surface area contributed by atoms with Gasteiger partial charge in [-0.25, -0.2) is 4.79 Å². The summed E-state index contributed by atoms with van der Waals surface area (Å²) in [6.07, 6.45) is 6.35. The molecule has 0 spiro atoms. The van der Waals surface area contributed by atoms with Crippen molar-refractivity contribution in [2.45, 2.75) is 0 Å². The summed E-state index contributed by atoms with van der Waals surface area (Å²) in [6, 6.07) is 6.80. The Labute approximate surface area is 116 Å². The molecule has 2 aromatic rings. The summed E-state index contributed by atoms with van der Waals surface area (Å²) in [4.78, 5) is 23.1. The van der Waals surface area contributed by atoms with Crippen molar-refractivity contribution >= 4 is 17.8 Å². The van der Waals surface area contributed by atoms with Crippen molar-refractivity contribution in [3.63, 3.8) is 0 Å². The smallest absolute Gasteiger partial charge is 0.337 e. The van der Waals surface area contributed by atoms with Crippen LogP contribution >= 0.6 is 0 Å². The van der Waals surface area contributed by atoms with Crippen molar-refractivity contribution in [1.29, 1.82) is 0 Å². The highest BCUT2D eigenvalue weighted by Gasteiger charge is 2.05. The maximum Gasteiger partial charge on any atom is 0.337 e. The van der Waals surface area contributed by atoms with E-state index in [9.17, 15) is 9.59 Å². The maximum atomic E-state index is 11.8. The lowest BCUT2D eigenvalue weighted by atomic mass is 10.1. The first-order chi connectivity index (χ1) is 9.60. The molecule has 1 heterocycles. The zero-order chi connectivity index (χ0) is 14.5. The van der Waals surface area contributed by atoms with E-state index in [1.807, 2.05) is 0 Å². The number of hydrogen-bond acceptors (Lipinski definition) is 4. The molecular weight excluding hydrogens is 256 g/mol. The Kier molecular flexibility index (Phi) is 4.10. The summed E-state index contributed by atoms with van der Waals surface area (Å²) in [5.41, 5.74) is 1.84. The van der Waals surface area contributed by atoms with Crippen molar-refractivity contribution in [3.8, 4) is 0 Å². The number of aryl methyl sites for hydroxylation is 1. The number of benzene rings is 1. The van der Waals surface area contributed by atoms with Crippen molar-refractivity contribution in [1.82, 2.24) is 9.78 Å². The van der Waals surface area contributed by atoms with Gasteiger partial charge in [-0.1, -0.05) is 18.2 Å². The lowest BCUT2D eigenvalue weighted by Crippen LogP contribution is -2.00. The molecule has 0 radical (unpaired) electrons. The van der Waals surface area contributed by atoms with Gasteiger partial charge in [-0.05, 0) is 23.8 Å². The highest BCUT2D eigenvalue weighted by atomic mass is 16.5. The molecule has 0 saturated carbocycles. The molecule has 0 bridgehead atoms. The number of ether oxygens (including phenoxy) is 1. The van der Waals surface area contributed by atoms with Crippen LogP contribution in [0.1, 0.15) is 26.3 Å². The second-order valence-electron chi connectivity index (χ2n) is 4.21. The Bertz CT molecular complexity index is 654. The van der Waals surface area contributed by atoms with Gasteiger partial charge in [0.2, 0.25) is 0 Å². The zero-order valence-corrected chi connectivity index (χ0v) is 11.2. The fourth-order valence-corrected chi connectivity index (χ4v) is 1.66. The van der Waals surface area contributed by atoms with E-state index in [1.165, 1.54) is 19.4 Å². The van der Waals surface area contributed by atoms with E-state index in [2.05, 4.69) is 9.84 Å². The Hall–Kier alpha value is -2.69. The van der Waals surface area contributed by atoms with E-state index >= 15 is 0 Å². The fourth-order valence-electron chi connectivity index (χ4n) is 1.66. The van der Waals surface area contributed by atoms with Gasteiger partial charge in [0.05, 0.1) is 24.4 Å². The Morgan fingerprint density at radius 2 is 1.90 bits per heavy atom. The van der Waals surface area contributed by atoms with Gasteiger partial charge in [-0.3, -0.25) is 9.48 Å². The number of allylic oxidation sites excluding steroid dienone is 1. The van der Waals surface area contributed by atoms with E-state index in [-0.39, 0.29) is 11.8 Å². The normalized spacial score (nSPS) is 10.7. The molecule has 0 atom stereocenters. The Balaban J connectivity index is 2.08. The summed E-state index contributed by atoms with van der Waals surface area (Å²) < 4.78 is 6.19. The molecule has 5 nitrogen and oxygen atoms in total. The van der Waals surface area contributed by atoms with Crippen molar-refractivity contribution < 1.29 is 14.3 Å². The molecule has 1 aromatic carbocycles. The van der Waals surface area contributed by atoms with Gasteiger partial charge < -0.3 is 4.74 Å². The molecule has 0 amide bonds. The lowest BCUT2D eigenvalue weighted by molar-refractivity contribution is 0.0600. The first-order valence-electron chi connectivity index (χ1n) is 5.99. The maximum absolute atomic E-state index is 11.8. The molecule has 0 fully saturated rings. The number of esters is 1. The SMILES string of the molecule is COC(=O)c1ccc(/C=C/C(=O)c2cnn(C)c2)cc1. The number of carbonyl (C=O) groups excluding carboxylic acids is 2. The van der Waals surface area contributed by atoms with Crippen LogP contribution in [0.25, 0.3) is 6.08 Å². The molecule has 0 aliphatic carbocycles. The number of ketones is 1. The summed E-state index contributed by atoms with van der Waals surface area (Å²) in [6.45, 7) is 0. The molecule has 102 valence electrons. The predicted octanol–water partition coefficient (Wildman–Crippen LogP) is 2.10. The molecular formula is C15H14N2O3. The third kappa shape index (κ3) is 3.20. The minimum Gasteiger partial charge on any atom is -0.465 e. The van der Waals surface area contributed by atoms with Crippen LogP contribution in [0.5, 0.6) is 0 Å². The van der Waals surface area contributed by atoms with Gasteiger partial charge in [-0.15, -0.1) is 0 Å². The average molecular weight is 270 g/mol. The van der Waals surface area contributed by atoms with Gasteiger partial charge in [0.15, 0.2) is 5.78 Å². The van der Waals surface area contributed by atoms with Gasteiger partial charge in [-0.2, -0.15) is 5.10 Å². The largest absolute Gasteiger partial charge is 0.465 e. The standard InChI is InChI=1S/C15H14N2O3/c1-17-10-13(9-16-17)14(18)8-5-11-3-6-12(7-4-11)15(19)20-2/h3-10H,1-2H3/b8-5+. The molecule has 0 unspecified atom stereocenters. The molecule has 0 aliphatic heterocycles. The van der Waals surface area contributed by atoms with Gasteiger partial charge >= 0.3 is 5.97 Å². The van der Waals surface area contributed by atoms with Gasteiger partial charge in [0.25, 0.3) is 0 Å². The first-order valence-corrected chi connectivity index (χ1v) is 5.99. The quantitative estimate of drug-likeness (QED) is 0.485. The second-order valence-corrected chi connectivity index (χ2v) is 4.21. The molecule has 0 aliphatic rings. The number of rotatable bonds is 4. The molecule has 1 aromatic heterocycles. The Morgan fingerprint density at radius 1 is 1.20 bits per heavy atom. The molecule has 0 saturated heterocycles. The van der Waals surface area contributed by atoms with E-state index in [0.717, 1.165) is 5.56 Å². The lowest BCUT2D eigenvalue weighted by Gasteiger charge is -1.99. The van der Waals surface area contributed by atoms with Crippen molar-refractivity contribution in [2.24, 2.45) is 7.05 Å². The van der Waals surface area contributed by atoms with E-state index in [0.29, 0.717) is 11.1 Å². The topological polar surface area (TPSA) is 61.2 Å². The number of methoxy groups -OCH3 is 1. The van der Waals surface area contributed by atoms with Gasteiger partial charge in [0.1, 0.15) is 0 Å². The summed E-state index contributed by atoms with van der Waals surface area (Å²) in [5, 5.41) is 3.94. The van der Waals surface area contributed by atoms with E-state index in [1.54, 1.807) is 48.3 Å². The van der Waals surface area contributed by atoms with Crippen molar-refractivity contribution in [2.75, 3.05) is 7.11 Å². The van der Waals surface area contributed by atoms with Crippen LogP contribution in [-0.2, 0) is 11.8 Å². The number of carbonyl (C=O) groups is 2. The van der Waals surface area contributed by atoms with Gasteiger partial charge in [0, 0.05) is 13.2 Å². The first kappa shape index (κ1) is 13.7. The fraction of sp³-hybridized carbons (Fsp3) is 0.133. The Morgan fingerprint density at radius 3 is 2.45 bits per heavy atom. The predicted molar refractivity (Wildman–Crippen MR) is 74.4 cm³/mol. The minimum absolute atomic E-state index is 0.116. The monoisotopic (exact) mass is 270 g/mol. The highest BCUT2D eigenvalue weighted by Crippen LogP contribution is 2.08. The third-order valence-corrected chi connectivity index (χ3v) is 2.75. The van der Waals surface area contributed by atoms with Crippen LogP contribution in [0.15, 0.2) is 42.7 Å². The highest BCUT2D eigenvalue weighted by molar-refractivity contribution is 6.06. The minimum atomic E-state index is -0.382. The van der Waals surface area contributed by atoms with Crippen LogP contribution in [0.4, 0.5) is 0 Å². The zero-order valence-electron chi connectivity index (χ0n) is 11.2. The number of hydrogen-bond donors (Lipinski definition) is 0. The number of nitrogens with zero attached hydrogens (tertiary/aromatic N) is 2. The van der Waals surface area contributed by atoms with Crippen LogP contribution in [-0.4, -0.2) is 28.6 Å². The van der Waals surface area contributed by atoms with Crippen molar-refractivity contribution in [3.05, 3.63) is 59.4 Å². The number of aromatic nitrogens is 2. The third-order valence-electron chi connectivity index (χ3n) is 2.75.